The zero-order valence-electron chi connectivity index (χ0n) is 9.90. The van der Waals surface area contributed by atoms with Gasteiger partial charge in [0.05, 0.1) is 19.3 Å². The molecule has 1 amide bonds. The lowest BCUT2D eigenvalue weighted by Crippen LogP contribution is -2.54. The fourth-order valence-corrected chi connectivity index (χ4v) is 1.72. The lowest BCUT2D eigenvalue weighted by Gasteiger charge is -2.34. The van der Waals surface area contributed by atoms with Crippen molar-refractivity contribution in [2.45, 2.75) is 32.4 Å². The zero-order valence-corrected chi connectivity index (χ0v) is 9.90. The molecule has 1 aliphatic heterocycles. The van der Waals surface area contributed by atoms with E-state index < -0.39 is 0 Å². The number of rotatable bonds is 4. The zero-order chi connectivity index (χ0) is 12.0. The van der Waals surface area contributed by atoms with E-state index >= 15 is 0 Å². The molecule has 16 heavy (non-hydrogen) atoms. The van der Waals surface area contributed by atoms with E-state index in [-0.39, 0.29) is 18.0 Å². The van der Waals surface area contributed by atoms with E-state index in [0.29, 0.717) is 26.2 Å². The largest absolute Gasteiger partial charge is 0.378 e. The highest BCUT2D eigenvalue weighted by atomic mass is 16.5. The monoisotopic (exact) mass is 225 g/mol. The molecule has 1 saturated heterocycles. The molecule has 1 unspecified atom stereocenters. The lowest BCUT2D eigenvalue weighted by molar-refractivity contribution is -0.132. The molecule has 1 aliphatic rings. The normalized spacial score (nSPS) is 21.8. The highest BCUT2D eigenvalue weighted by Gasteiger charge is 2.29. The van der Waals surface area contributed by atoms with Crippen LogP contribution in [0.3, 0.4) is 0 Å². The molecule has 1 heterocycles. The van der Waals surface area contributed by atoms with Crippen molar-refractivity contribution < 1.29 is 9.53 Å². The summed E-state index contributed by atoms with van der Waals surface area (Å²) in [6.07, 6.45) is 0.450. The molecule has 0 aromatic carbocycles. The van der Waals surface area contributed by atoms with Crippen LogP contribution in [0.2, 0.25) is 0 Å². The molecule has 5 heteroatoms. The molecule has 90 valence electrons. The van der Waals surface area contributed by atoms with E-state index in [0.717, 1.165) is 6.54 Å². The van der Waals surface area contributed by atoms with Gasteiger partial charge < -0.3 is 10.1 Å². The smallest absolute Gasteiger partial charge is 0.239 e. The maximum Gasteiger partial charge on any atom is 0.239 e. The van der Waals surface area contributed by atoms with Crippen molar-refractivity contribution in [1.82, 2.24) is 10.2 Å². The summed E-state index contributed by atoms with van der Waals surface area (Å²) < 4.78 is 5.31. The average Bonchev–Trinajstić information content (AvgIpc) is 2.25. The highest BCUT2D eigenvalue weighted by molar-refractivity contribution is 5.82. The van der Waals surface area contributed by atoms with Gasteiger partial charge in [0, 0.05) is 25.6 Å². The Morgan fingerprint density at radius 3 is 3.06 bits per heavy atom. The SMILES string of the molecule is CC(C)NC(=O)C1COCCN1CCC#N. The quantitative estimate of drug-likeness (QED) is 0.738. The fraction of sp³-hybridized carbons (Fsp3) is 0.818. The van der Waals surface area contributed by atoms with Gasteiger partial charge in [0.25, 0.3) is 0 Å². The van der Waals surface area contributed by atoms with Crippen molar-refractivity contribution in [3.05, 3.63) is 0 Å². The summed E-state index contributed by atoms with van der Waals surface area (Å²) in [5.74, 6) is -0.00682. The van der Waals surface area contributed by atoms with E-state index in [2.05, 4.69) is 11.4 Å². The van der Waals surface area contributed by atoms with Crippen molar-refractivity contribution in [2.24, 2.45) is 0 Å². The van der Waals surface area contributed by atoms with Gasteiger partial charge in [-0.2, -0.15) is 5.26 Å². The van der Waals surface area contributed by atoms with Crippen molar-refractivity contribution in [3.8, 4) is 6.07 Å². The molecule has 1 N–H and O–H groups in total. The molecule has 0 aromatic rings. The number of carbonyl (C=O) groups is 1. The summed E-state index contributed by atoms with van der Waals surface area (Å²) in [5.41, 5.74) is 0. The van der Waals surface area contributed by atoms with Crippen LogP contribution >= 0.6 is 0 Å². The number of hydrogen-bond donors (Lipinski definition) is 1. The van der Waals surface area contributed by atoms with Crippen LogP contribution in [0.1, 0.15) is 20.3 Å². The molecule has 0 aromatic heterocycles. The first-order valence-corrected chi connectivity index (χ1v) is 5.64. The van der Waals surface area contributed by atoms with Gasteiger partial charge >= 0.3 is 0 Å². The predicted molar refractivity (Wildman–Crippen MR) is 59.7 cm³/mol. The Hall–Kier alpha value is -1.12. The topological polar surface area (TPSA) is 65.4 Å². The second kappa shape index (κ2) is 6.46. The van der Waals surface area contributed by atoms with Gasteiger partial charge in [-0.1, -0.05) is 0 Å². The molecule has 5 nitrogen and oxygen atoms in total. The minimum absolute atomic E-state index is 0.00682. The Labute approximate surface area is 96.4 Å². The van der Waals surface area contributed by atoms with Crippen LogP contribution in [0.25, 0.3) is 0 Å². The van der Waals surface area contributed by atoms with Crippen LogP contribution in [0.5, 0.6) is 0 Å². The molecule has 0 bridgehead atoms. The maximum atomic E-state index is 11.9. The predicted octanol–water partition coefficient (Wildman–Crippen LogP) is 0.125. The molecule has 0 spiro atoms. The van der Waals surface area contributed by atoms with Gasteiger partial charge in [0.2, 0.25) is 5.91 Å². The summed E-state index contributed by atoms with van der Waals surface area (Å²) in [7, 11) is 0. The van der Waals surface area contributed by atoms with Crippen molar-refractivity contribution in [3.63, 3.8) is 0 Å². The summed E-state index contributed by atoms with van der Waals surface area (Å²) in [4.78, 5) is 13.9. The number of nitriles is 1. The molecule has 1 fully saturated rings. The van der Waals surface area contributed by atoms with Gasteiger partial charge in [-0.05, 0) is 13.8 Å². The number of nitrogens with one attached hydrogen (secondary N) is 1. The highest BCUT2D eigenvalue weighted by Crippen LogP contribution is 2.08. The Morgan fingerprint density at radius 2 is 2.44 bits per heavy atom. The first-order valence-electron chi connectivity index (χ1n) is 5.64. The number of amides is 1. The third kappa shape index (κ3) is 3.80. The number of hydrogen-bond acceptors (Lipinski definition) is 4. The van der Waals surface area contributed by atoms with Gasteiger partial charge in [-0.15, -0.1) is 0 Å². The van der Waals surface area contributed by atoms with Crippen molar-refractivity contribution in [2.75, 3.05) is 26.3 Å². The van der Waals surface area contributed by atoms with E-state index in [1.54, 1.807) is 0 Å². The summed E-state index contributed by atoms with van der Waals surface area (Å²) in [5, 5.41) is 11.4. The molecule has 0 radical (unpaired) electrons. The Balaban J connectivity index is 2.52. The van der Waals surface area contributed by atoms with Crippen LogP contribution in [-0.2, 0) is 9.53 Å². The molecule has 0 aliphatic carbocycles. The molecule has 1 rings (SSSR count). The fourth-order valence-electron chi connectivity index (χ4n) is 1.72. The summed E-state index contributed by atoms with van der Waals surface area (Å²) in [6.45, 7) is 6.27. The van der Waals surface area contributed by atoms with E-state index in [9.17, 15) is 4.79 Å². The lowest BCUT2D eigenvalue weighted by atomic mass is 10.2. The summed E-state index contributed by atoms with van der Waals surface area (Å²) in [6, 6.07) is 1.99. The maximum absolute atomic E-state index is 11.9. The van der Waals surface area contributed by atoms with E-state index in [4.69, 9.17) is 10.00 Å². The van der Waals surface area contributed by atoms with E-state index in [1.165, 1.54) is 0 Å². The molecular weight excluding hydrogens is 206 g/mol. The van der Waals surface area contributed by atoms with Gasteiger partial charge in [-0.25, -0.2) is 0 Å². The number of nitrogens with zero attached hydrogens (tertiary/aromatic N) is 2. The number of ether oxygens (including phenoxy) is 1. The molecular formula is C11H19N3O2. The van der Waals surface area contributed by atoms with Crippen LogP contribution < -0.4 is 5.32 Å². The van der Waals surface area contributed by atoms with Gasteiger partial charge in [0.1, 0.15) is 6.04 Å². The van der Waals surface area contributed by atoms with Crippen molar-refractivity contribution in [1.29, 1.82) is 5.26 Å². The van der Waals surface area contributed by atoms with Crippen LogP contribution in [0.15, 0.2) is 0 Å². The first kappa shape index (κ1) is 12.9. The van der Waals surface area contributed by atoms with Crippen molar-refractivity contribution >= 4 is 5.91 Å². The summed E-state index contributed by atoms with van der Waals surface area (Å²) >= 11 is 0. The first-order chi connectivity index (χ1) is 7.65. The second-order valence-electron chi connectivity index (χ2n) is 4.20. The third-order valence-corrected chi connectivity index (χ3v) is 2.48. The number of morpholine rings is 1. The minimum atomic E-state index is -0.246. The van der Waals surface area contributed by atoms with Crippen LogP contribution in [0.4, 0.5) is 0 Å². The van der Waals surface area contributed by atoms with Gasteiger partial charge in [0.15, 0.2) is 0 Å². The van der Waals surface area contributed by atoms with E-state index in [1.807, 2.05) is 18.7 Å². The minimum Gasteiger partial charge on any atom is -0.378 e. The Bertz CT molecular complexity index is 273. The van der Waals surface area contributed by atoms with Gasteiger partial charge in [-0.3, -0.25) is 9.69 Å². The molecule has 1 atom stereocenters. The van der Waals surface area contributed by atoms with Crippen LogP contribution in [-0.4, -0.2) is 49.2 Å². The average molecular weight is 225 g/mol. The Kier molecular flexibility index (Phi) is 5.23. The molecule has 0 saturated carbocycles. The second-order valence-corrected chi connectivity index (χ2v) is 4.20. The Morgan fingerprint density at radius 1 is 1.69 bits per heavy atom. The van der Waals surface area contributed by atoms with Crippen LogP contribution in [0, 0.1) is 11.3 Å². The number of carbonyl (C=O) groups excluding carboxylic acids is 1. The standard InChI is InChI=1S/C11H19N3O2/c1-9(2)13-11(15)10-8-16-7-6-14(10)5-3-4-12/h9-10H,3,5-8H2,1-2H3,(H,13,15). The third-order valence-electron chi connectivity index (χ3n) is 2.48.